The van der Waals surface area contributed by atoms with Gasteiger partial charge in [0.25, 0.3) is 0 Å². The molecule has 1 aliphatic rings. The Kier molecular flexibility index (Phi) is 5.63. The van der Waals surface area contributed by atoms with Crippen molar-refractivity contribution in [2.24, 2.45) is 5.92 Å². The van der Waals surface area contributed by atoms with Gasteiger partial charge < -0.3 is 10.6 Å². The molecule has 1 aromatic heterocycles. The van der Waals surface area contributed by atoms with Crippen LogP contribution in [0.1, 0.15) is 48.4 Å². The summed E-state index contributed by atoms with van der Waals surface area (Å²) in [7, 11) is 0. The summed E-state index contributed by atoms with van der Waals surface area (Å²) in [6.45, 7) is 3.33. The molecular weight excluding hydrogens is 258 g/mol. The molecule has 0 unspecified atom stereocenters. The average Bonchev–Trinajstić information content (AvgIpc) is 2.83. The lowest BCUT2D eigenvalue weighted by molar-refractivity contribution is 0.238. The van der Waals surface area contributed by atoms with Gasteiger partial charge >= 0.3 is 6.03 Å². The predicted molar refractivity (Wildman–Crippen MR) is 78.3 cm³/mol. The summed E-state index contributed by atoms with van der Waals surface area (Å²) in [5.41, 5.74) is 0. The number of urea groups is 1. The molecule has 2 rings (SSSR count). The van der Waals surface area contributed by atoms with Gasteiger partial charge in [0.05, 0.1) is 11.6 Å². The quantitative estimate of drug-likeness (QED) is 0.870. The molecule has 4 nitrogen and oxygen atoms in total. The average molecular weight is 281 g/mol. The molecule has 1 fully saturated rings. The zero-order chi connectivity index (χ0) is 13.5. The maximum atomic E-state index is 11.6. The highest BCUT2D eigenvalue weighted by Gasteiger charge is 2.13. The fourth-order valence-electron chi connectivity index (χ4n) is 2.58. The van der Waals surface area contributed by atoms with Crippen molar-refractivity contribution in [3.63, 3.8) is 0 Å². The number of rotatable bonds is 5. The van der Waals surface area contributed by atoms with E-state index in [1.165, 1.54) is 32.1 Å². The van der Waals surface area contributed by atoms with Crippen LogP contribution in [0.15, 0.2) is 6.20 Å². The number of aryl methyl sites for hydroxylation is 1. The van der Waals surface area contributed by atoms with Gasteiger partial charge in [-0.25, -0.2) is 9.78 Å². The van der Waals surface area contributed by atoms with Crippen molar-refractivity contribution in [1.29, 1.82) is 0 Å². The first kappa shape index (κ1) is 14.3. The lowest BCUT2D eigenvalue weighted by Gasteiger charge is -2.21. The minimum Gasteiger partial charge on any atom is -0.338 e. The molecule has 19 heavy (non-hydrogen) atoms. The summed E-state index contributed by atoms with van der Waals surface area (Å²) in [5, 5.41) is 6.85. The SMILES string of the molecule is Cc1ncc(CNC(=O)NCCC2CCCCC2)s1. The number of hydrogen-bond donors (Lipinski definition) is 2. The highest BCUT2D eigenvalue weighted by molar-refractivity contribution is 7.11. The van der Waals surface area contributed by atoms with Crippen molar-refractivity contribution in [3.8, 4) is 0 Å². The van der Waals surface area contributed by atoms with Gasteiger partial charge in [0.2, 0.25) is 0 Å². The first-order valence-electron chi connectivity index (χ1n) is 7.17. The minimum absolute atomic E-state index is 0.0677. The molecule has 0 spiro atoms. The number of aromatic nitrogens is 1. The van der Waals surface area contributed by atoms with E-state index in [1.54, 1.807) is 11.3 Å². The Labute approximate surface area is 119 Å². The molecule has 5 heteroatoms. The lowest BCUT2D eigenvalue weighted by atomic mass is 9.87. The van der Waals surface area contributed by atoms with Gasteiger partial charge in [0.15, 0.2) is 0 Å². The molecule has 1 aliphatic carbocycles. The molecule has 1 heterocycles. The van der Waals surface area contributed by atoms with E-state index < -0.39 is 0 Å². The van der Waals surface area contributed by atoms with Gasteiger partial charge in [-0.2, -0.15) is 0 Å². The van der Waals surface area contributed by atoms with Gasteiger partial charge in [0.1, 0.15) is 0 Å². The van der Waals surface area contributed by atoms with Gasteiger partial charge in [-0.15, -0.1) is 11.3 Å². The van der Waals surface area contributed by atoms with Crippen molar-refractivity contribution in [2.45, 2.75) is 52.0 Å². The maximum absolute atomic E-state index is 11.6. The van der Waals surface area contributed by atoms with Crippen molar-refractivity contribution in [3.05, 3.63) is 16.1 Å². The largest absolute Gasteiger partial charge is 0.338 e. The standard InChI is InChI=1S/C14H23N3OS/c1-11-16-9-13(19-11)10-17-14(18)15-8-7-12-5-3-2-4-6-12/h9,12H,2-8,10H2,1H3,(H2,15,17,18). The second kappa shape index (κ2) is 7.48. The third kappa shape index (κ3) is 5.19. The van der Waals surface area contributed by atoms with Crippen LogP contribution in [0.2, 0.25) is 0 Å². The zero-order valence-electron chi connectivity index (χ0n) is 11.6. The Bertz CT molecular complexity index is 399. The topological polar surface area (TPSA) is 54.0 Å². The molecular formula is C14H23N3OS. The molecule has 0 radical (unpaired) electrons. The van der Waals surface area contributed by atoms with Gasteiger partial charge in [-0.05, 0) is 19.3 Å². The van der Waals surface area contributed by atoms with Crippen LogP contribution in [0.25, 0.3) is 0 Å². The molecule has 0 saturated heterocycles. The van der Waals surface area contributed by atoms with E-state index in [9.17, 15) is 4.79 Å². The van der Waals surface area contributed by atoms with Gasteiger partial charge in [0, 0.05) is 17.6 Å². The third-order valence-electron chi connectivity index (χ3n) is 3.66. The second-order valence-electron chi connectivity index (χ2n) is 5.25. The number of hydrogen-bond acceptors (Lipinski definition) is 3. The Morgan fingerprint density at radius 3 is 2.84 bits per heavy atom. The molecule has 2 N–H and O–H groups in total. The fraction of sp³-hybridized carbons (Fsp3) is 0.714. The van der Waals surface area contributed by atoms with Gasteiger partial charge in [-0.1, -0.05) is 32.1 Å². The first-order valence-corrected chi connectivity index (χ1v) is 7.98. The maximum Gasteiger partial charge on any atom is 0.315 e. The smallest absolute Gasteiger partial charge is 0.315 e. The molecule has 1 saturated carbocycles. The van der Waals surface area contributed by atoms with E-state index in [2.05, 4.69) is 15.6 Å². The molecule has 106 valence electrons. The monoisotopic (exact) mass is 281 g/mol. The Balaban J connectivity index is 1.56. The second-order valence-corrected chi connectivity index (χ2v) is 6.57. The van der Waals surface area contributed by atoms with E-state index in [1.807, 2.05) is 13.1 Å². The van der Waals surface area contributed by atoms with Crippen molar-refractivity contribution in [2.75, 3.05) is 6.54 Å². The lowest BCUT2D eigenvalue weighted by Crippen LogP contribution is -2.36. The number of nitrogens with one attached hydrogen (secondary N) is 2. The van der Waals surface area contributed by atoms with E-state index in [0.717, 1.165) is 28.8 Å². The van der Waals surface area contributed by atoms with Crippen LogP contribution in [0, 0.1) is 12.8 Å². The molecule has 0 atom stereocenters. The van der Waals surface area contributed by atoms with E-state index in [0.29, 0.717) is 6.54 Å². The van der Waals surface area contributed by atoms with Crippen molar-refractivity contribution in [1.82, 2.24) is 15.6 Å². The Hall–Kier alpha value is -1.10. The van der Waals surface area contributed by atoms with Crippen LogP contribution in [0.3, 0.4) is 0 Å². The van der Waals surface area contributed by atoms with Crippen LogP contribution >= 0.6 is 11.3 Å². The molecule has 0 bridgehead atoms. The van der Waals surface area contributed by atoms with Gasteiger partial charge in [-0.3, -0.25) is 0 Å². The first-order chi connectivity index (χ1) is 9.24. The summed E-state index contributed by atoms with van der Waals surface area (Å²) in [4.78, 5) is 16.9. The Morgan fingerprint density at radius 1 is 1.37 bits per heavy atom. The summed E-state index contributed by atoms with van der Waals surface area (Å²) in [5.74, 6) is 0.818. The summed E-state index contributed by atoms with van der Waals surface area (Å²) >= 11 is 1.62. The number of amides is 2. The van der Waals surface area contributed by atoms with Crippen molar-refractivity contribution >= 4 is 17.4 Å². The number of nitrogens with zero attached hydrogens (tertiary/aromatic N) is 1. The zero-order valence-corrected chi connectivity index (χ0v) is 12.4. The number of carbonyl (C=O) groups excluding carboxylic acids is 1. The summed E-state index contributed by atoms with van der Waals surface area (Å²) < 4.78 is 0. The van der Waals surface area contributed by atoms with Crippen molar-refractivity contribution < 1.29 is 4.79 Å². The molecule has 0 aromatic carbocycles. The summed E-state index contributed by atoms with van der Waals surface area (Å²) in [6.07, 6.45) is 9.73. The summed E-state index contributed by atoms with van der Waals surface area (Å²) in [6, 6.07) is -0.0677. The van der Waals surface area contributed by atoms with Crippen LogP contribution in [0.5, 0.6) is 0 Å². The van der Waals surface area contributed by atoms with E-state index >= 15 is 0 Å². The molecule has 2 amide bonds. The van der Waals surface area contributed by atoms with Crippen LogP contribution in [-0.2, 0) is 6.54 Å². The van der Waals surface area contributed by atoms with E-state index in [-0.39, 0.29) is 6.03 Å². The fourth-order valence-corrected chi connectivity index (χ4v) is 3.32. The Morgan fingerprint density at radius 2 is 2.16 bits per heavy atom. The van der Waals surface area contributed by atoms with Crippen LogP contribution < -0.4 is 10.6 Å². The minimum atomic E-state index is -0.0677. The van der Waals surface area contributed by atoms with E-state index in [4.69, 9.17) is 0 Å². The molecule has 0 aliphatic heterocycles. The molecule has 1 aromatic rings. The predicted octanol–water partition coefficient (Wildman–Crippen LogP) is 3.22. The van der Waals surface area contributed by atoms with Crippen LogP contribution in [0.4, 0.5) is 4.79 Å². The van der Waals surface area contributed by atoms with Crippen LogP contribution in [-0.4, -0.2) is 17.6 Å². The third-order valence-corrected chi connectivity index (χ3v) is 4.57. The highest BCUT2D eigenvalue weighted by Crippen LogP contribution is 2.25. The highest BCUT2D eigenvalue weighted by atomic mass is 32.1. The normalized spacial score (nSPS) is 16.3. The number of thiazole rings is 1. The number of carbonyl (C=O) groups is 1.